The lowest BCUT2D eigenvalue weighted by molar-refractivity contribution is -0.138. The molecule has 1 aromatic heterocycles. The van der Waals surface area contributed by atoms with Crippen LogP contribution in [0.1, 0.15) is 22.5 Å². The second-order valence-corrected chi connectivity index (χ2v) is 4.94. The van der Waals surface area contributed by atoms with Gasteiger partial charge in [-0.05, 0) is 25.0 Å². The largest absolute Gasteiger partial charge is 0.480 e. The van der Waals surface area contributed by atoms with Crippen LogP contribution in [0.4, 0.5) is 0 Å². The molecule has 2 aromatic rings. The van der Waals surface area contributed by atoms with Crippen molar-refractivity contribution in [3.63, 3.8) is 0 Å². The Morgan fingerprint density at radius 3 is 2.60 bits per heavy atom. The van der Waals surface area contributed by atoms with E-state index >= 15 is 0 Å². The maximum atomic E-state index is 10.9. The highest BCUT2D eigenvalue weighted by Crippen LogP contribution is 2.16. The summed E-state index contributed by atoms with van der Waals surface area (Å²) in [6.07, 6.45) is 0.307. The number of benzene rings is 1. The predicted octanol–water partition coefficient (Wildman–Crippen LogP) is 1.50. The Bertz CT molecular complexity index is 605. The first-order valence-corrected chi connectivity index (χ1v) is 6.54. The van der Waals surface area contributed by atoms with Crippen LogP contribution in [0.5, 0.6) is 0 Å². The molecular formula is C15H19N3O2. The number of aliphatic carboxylic acids is 1. The van der Waals surface area contributed by atoms with Gasteiger partial charge in [0.1, 0.15) is 6.04 Å². The van der Waals surface area contributed by atoms with Crippen molar-refractivity contribution < 1.29 is 9.90 Å². The topological polar surface area (TPSA) is 81.1 Å². The van der Waals surface area contributed by atoms with Crippen molar-refractivity contribution in [3.8, 4) is 0 Å². The van der Waals surface area contributed by atoms with E-state index in [4.69, 9.17) is 10.8 Å². The Kier molecular flexibility index (Phi) is 4.20. The van der Waals surface area contributed by atoms with Gasteiger partial charge in [0.2, 0.25) is 0 Å². The maximum Gasteiger partial charge on any atom is 0.320 e. The summed E-state index contributed by atoms with van der Waals surface area (Å²) >= 11 is 0. The molecule has 1 atom stereocenters. The van der Waals surface area contributed by atoms with Crippen LogP contribution in [0.15, 0.2) is 30.3 Å². The van der Waals surface area contributed by atoms with E-state index in [1.54, 1.807) is 0 Å². The summed E-state index contributed by atoms with van der Waals surface area (Å²) < 4.78 is 1.90. The SMILES string of the molecule is Cc1nn(Cc2ccccc2)c(C)c1CC(N)C(=O)O. The van der Waals surface area contributed by atoms with Crippen molar-refractivity contribution in [1.82, 2.24) is 9.78 Å². The average molecular weight is 273 g/mol. The van der Waals surface area contributed by atoms with Gasteiger partial charge in [0.05, 0.1) is 12.2 Å². The van der Waals surface area contributed by atoms with E-state index in [9.17, 15) is 4.79 Å². The molecule has 0 amide bonds. The summed E-state index contributed by atoms with van der Waals surface area (Å²) in [4.78, 5) is 10.9. The zero-order valence-electron chi connectivity index (χ0n) is 11.7. The van der Waals surface area contributed by atoms with E-state index in [0.29, 0.717) is 13.0 Å². The molecule has 5 heteroatoms. The zero-order valence-corrected chi connectivity index (χ0v) is 11.7. The Labute approximate surface area is 118 Å². The van der Waals surface area contributed by atoms with Gasteiger partial charge >= 0.3 is 5.97 Å². The molecular weight excluding hydrogens is 254 g/mol. The molecule has 3 N–H and O–H groups in total. The molecule has 0 saturated carbocycles. The Morgan fingerprint density at radius 2 is 2.00 bits per heavy atom. The van der Waals surface area contributed by atoms with Crippen LogP contribution in [-0.2, 0) is 17.8 Å². The number of hydrogen-bond donors (Lipinski definition) is 2. The van der Waals surface area contributed by atoms with Gasteiger partial charge in [-0.15, -0.1) is 0 Å². The lowest BCUT2D eigenvalue weighted by atomic mass is 10.0. The van der Waals surface area contributed by atoms with Crippen LogP contribution in [0, 0.1) is 13.8 Å². The minimum atomic E-state index is -0.986. The minimum Gasteiger partial charge on any atom is -0.480 e. The van der Waals surface area contributed by atoms with Gasteiger partial charge in [0.25, 0.3) is 0 Å². The number of carboxylic acid groups (broad SMARTS) is 1. The van der Waals surface area contributed by atoms with Gasteiger partial charge in [-0.1, -0.05) is 30.3 Å². The standard InChI is InChI=1S/C15H19N3O2/c1-10-13(8-14(16)15(19)20)11(2)18(17-10)9-12-6-4-3-5-7-12/h3-7,14H,8-9,16H2,1-2H3,(H,19,20). The summed E-state index contributed by atoms with van der Waals surface area (Å²) in [6.45, 7) is 4.51. The van der Waals surface area contributed by atoms with Crippen molar-refractivity contribution in [1.29, 1.82) is 0 Å². The smallest absolute Gasteiger partial charge is 0.320 e. The third-order valence-corrected chi connectivity index (χ3v) is 3.45. The molecule has 1 heterocycles. The molecule has 5 nitrogen and oxygen atoms in total. The molecule has 0 aliphatic carbocycles. The average Bonchev–Trinajstić information content (AvgIpc) is 2.67. The summed E-state index contributed by atoms with van der Waals surface area (Å²) in [5.41, 5.74) is 9.52. The maximum absolute atomic E-state index is 10.9. The van der Waals surface area contributed by atoms with Gasteiger partial charge < -0.3 is 10.8 Å². The van der Waals surface area contributed by atoms with E-state index in [0.717, 1.165) is 22.5 Å². The molecule has 0 bridgehead atoms. The van der Waals surface area contributed by atoms with Gasteiger partial charge in [0, 0.05) is 12.1 Å². The fourth-order valence-electron chi connectivity index (χ4n) is 2.25. The molecule has 0 aliphatic rings. The van der Waals surface area contributed by atoms with Crippen LogP contribution >= 0.6 is 0 Å². The summed E-state index contributed by atoms with van der Waals surface area (Å²) in [5.74, 6) is -0.986. The van der Waals surface area contributed by atoms with Crippen LogP contribution in [0.3, 0.4) is 0 Å². The molecule has 0 radical (unpaired) electrons. The quantitative estimate of drug-likeness (QED) is 0.865. The van der Waals surface area contributed by atoms with Crippen molar-refractivity contribution in [3.05, 3.63) is 52.8 Å². The highest BCUT2D eigenvalue weighted by atomic mass is 16.4. The number of hydrogen-bond acceptors (Lipinski definition) is 3. The highest BCUT2D eigenvalue weighted by molar-refractivity contribution is 5.73. The van der Waals surface area contributed by atoms with Gasteiger partial charge in [-0.2, -0.15) is 5.10 Å². The number of aromatic nitrogens is 2. The second kappa shape index (κ2) is 5.88. The molecule has 1 aromatic carbocycles. The number of carbonyl (C=O) groups is 1. The first-order valence-electron chi connectivity index (χ1n) is 6.54. The normalized spacial score (nSPS) is 12.3. The van der Waals surface area contributed by atoms with Crippen molar-refractivity contribution >= 4 is 5.97 Å². The summed E-state index contributed by atoms with van der Waals surface area (Å²) in [7, 11) is 0. The lowest BCUT2D eigenvalue weighted by Gasteiger charge is -2.08. The van der Waals surface area contributed by atoms with Crippen LogP contribution < -0.4 is 5.73 Å². The fraction of sp³-hybridized carbons (Fsp3) is 0.333. The Morgan fingerprint density at radius 1 is 1.35 bits per heavy atom. The van der Waals surface area contributed by atoms with Gasteiger partial charge in [-0.3, -0.25) is 9.48 Å². The molecule has 2 rings (SSSR count). The molecule has 0 fully saturated rings. The molecule has 0 saturated heterocycles. The first-order chi connectivity index (χ1) is 9.49. The zero-order chi connectivity index (χ0) is 14.7. The van der Waals surface area contributed by atoms with Gasteiger partial charge in [-0.25, -0.2) is 0 Å². The number of aryl methyl sites for hydroxylation is 1. The van der Waals surface area contributed by atoms with Crippen LogP contribution in [0.2, 0.25) is 0 Å². The molecule has 0 spiro atoms. The second-order valence-electron chi connectivity index (χ2n) is 4.94. The highest BCUT2D eigenvalue weighted by Gasteiger charge is 2.18. The predicted molar refractivity (Wildman–Crippen MR) is 76.6 cm³/mol. The Balaban J connectivity index is 2.22. The monoisotopic (exact) mass is 273 g/mol. The number of nitrogens with zero attached hydrogens (tertiary/aromatic N) is 2. The summed E-state index contributed by atoms with van der Waals surface area (Å²) in [6, 6.07) is 9.15. The number of rotatable bonds is 5. The third kappa shape index (κ3) is 3.05. The van der Waals surface area contributed by atoms with E-state index in [1.807, 2.05) is 48.9 Å². The lowest BCUT2D eigenvalue weighted by Crippen LogP contribution is -2.32. The molecule has 0 aliphatic heterocycles. The van der Waals surface area contributed by atoms with E-state index < -0.39 is 12.0 Å². The van der Waals surface area contributed by atoms with Crippen molar-refractivity contribution in [2.75, 3.05) is 0 Å². The fourth-order valence-corrected chi connectivity index (χ4v) is 2.25. The number of nitrogens with two attached hydrogens (primary N) is 1. The van der Waals surface area contributed by atoms with Gasteiger partial charge in [0.15, 0.2) is 0 Å². The molecule has 1 unspecified atom stereocenters. The van der Waals surface area contributed by atoms with Crippen molar-refractivity contribution in [2.24, 2.45) is 5.73 Å². The van der Waals surface area contributed by atoms with E-state index in [1.165, 1.54) is 0 Å². The minimum absolute atomic E-state index is 0.307. The molecule has 106 valence electrons. The third-order valence-electron chi connectivity index (χ3n) is 3.45. The van der Waals surface area contributed by atoms with E-state index in [-0.39, 0.29) is 0 Å². The first kappa shape index (κ1) is 14.3. The Hall–Kier alpha value is -2.14. The van der Waals surface area contributed by atoms with E-state index in [2.05, 4.69) is 5.10 Å². The van der Waals surface area contributed by atoms with Crippen LogP contribution in [-0.4, -0.2) is 26.9 Å². The molecule has 20 heavy (non-hydrogen) atoms. The van der Waals surface area contributed by atoms with Crippen molar-refractivity contribution in [2.45, 2.75) is 32.9 Å². The summed E-state index contributed by atoms with van der Waals surface area (Å²) in [5, 5.41) is 13.4. The number of carboxylic acids is 1. The van der Waals surface area contributed by atoms with Crippen LogP contribution in [0.25, 0.3) is 0 Å².